The molecule has 120 valence electrons. The lowest BCUT2D eigenvalue weighted by atomic mass is 10.0. The number of hydrazine groups is 1. The van der Waals surface area contributed by atoms with Crippen LogP contribution in [-0.4, -0.2) is 32.5 Å². The molecular formula is C14H18BrN3O3S. The van der Waals surface area contributed by atoms with Crippen molar-refractivity contribution in [3.8, 4) is 0 Å². The minimum Gasteiger partial charge on any atom is -0.270 e. The molecule has 0 radical (unpaired) electrons. The summed E-state index contributed by atoms with van der Waals surface area (Å²) in [6, 6.07) is 5.42. The Bertz CT molecular complexity index is 650. The van der Waals surface area contributed by atoms with Gasteiger partial charge in [-0.25, -0.2) is 22.9 Å². The Balaban J connectivity index is 1.58. The highest BCUT2D eigenvalue weighted by molar-refractivity contribution is 9.10. The van der Waals surface area contributed by atoms with Crippen LogP contribution >= 0.6 is 15.9 Å². The summed E-state index contributed by atoms with van der Waals surface area (Å²) >= 11 is 3.24. The van der Waals surface area contributed by atoms with Gasteiger partial charge >= 0.3 is 6.03 Å². The monoisotopic (exact) mass is 387 g/mol. The van der Waals surface area contributed by atoms with E-state index < -0.39 is 16.1 Å². The van der Waals surface area contributed by atoms with Crippen LogP contribution < -0.4 is 10.1 Å². The van der Waals surface area contributed by atoms with E-state index in [9.17, 15) is 13.2 Å². The molecule has 0 aromatic heterocycles. The van der Waals surface area contributed by atoms with Gasteiger partial charge in [-0.1, -0.05) is 22.4 Å². The van der Waals surface area contributed by atoms with Gasteiger partial charge < -0.3 is 0 Å². The van der Waals surface area contributed by atoms with Crippen LogP contribution in [0.5, 0.6) is 0 Å². The van der Waals surface area contributed by atoms with Crippen LogP contribution in [0.25, 0.3) is 0 Å². The van der Waals surface area contributed by atoms with Crippen LogP contribution in [0, 0.1) is 11.8 Å². The van der Waals surface area contributed by atoms with E-state index in [4.69, 9.17) is 0 Å². The molecule has 2 aliphatic rings. The molecule has 8 heteroatoms. The fraction of sp³-hybridized carbons (Fsp3) is 0.500. The summed E-state index contributed by atoms with van der Waals surface area (Å²) in [5, 5.41) is 1.82. The third kappa shape index (κ3) is 3.44. The fourth-order valence-corrected chi connectivity index (χ4v) is 4.45. The van der Waals surface area contributed by atoms with Gasteiger partial charge in [0.15, 0.2) is 0 Å². The van der Waals surface area contributed by atoms with E-state index >= 15 is 0 Å². The lowest BCUT2D eigenvalue weighted by Crippen LogP contribution is -2.48. The first kappa shape index (κ1) is 15.8. The Morgan fingerprint density at radius 1 is 1.14 bits per heavy atom. The summed E-state index contributed by atoms with van der Waals surface area (Å²) in [5.74, 6) is 1.26. The van der Waals surface area contributed by atoms with Crippen molar-refractivity contribution in [1.29, 1.82) is 0 Å². The molecule has 2 fully saturated rings. The van der Waals surface area contributed by atoms with Crippen molar-refractivity contribution in [3.63, 3.8) is 0 Å². The number of carbonyl (C=O) groups is 1. The van der Waals surface area contributed by atoms with Gasteiger partial charge in [0.05, 0.1) is 4.90 Å². The Kier molecular flexibility index (Phi) is 4.42. The maximum atomic E-state index is 12.1. The average molecular weight is 388 g/mol. The van der Waals surface area contributed by atoms with Crippen LogP contribution in [0.2, 0.25) is 0 Å². The highest BCUT2D eigenvalue weighted by Gasteiger charge is 2.36. The minimum atomic E-state index is -3.85. The number of hydrogen-bond donors (Lipinski definition) is 2. The molecule has 2 N–H and O–H groups in total. The number of rotatable bonds is 3. The number of nitrogens with one attached hydrogen (secondary N) is 2. The molecule has 1 heterocycles. The number of carbonyl (C=O) groups excluding carboxylic acids is 1. The predicted molar refractivity (Wildman–Crippen MR) is 85.4 cm³/mol. The topological polar surface area (TPSA) is 78.5 Å². The second kappa shape index (κ2) is 6.17. The number of hydrogen-bond acceptors (Lipinski definition) is 4. The third-order valence-corrected chi connectivity index (χ3v) is 6.21. The summed E-state index contributed by atoms with van der Waals surface area (Å²) in [7, 11) is -3.85. The number of sulfonamides is 1. The Morgan fingerprint density at radius 2 is 1.73 bits per heavy atom. The summed E-state index contributed by atoms with van der Waals surface area (Å²) in [6.07, 6.45) is 3.65. The maximum absolute atomic E-state index is 12.1. The second-order valence-electron chi connectivity index (χ2n) is 5.86. The molecule has 1 saturated heterocycles. The number of urea groups is 1. The van der Waals surface area contributed by atoms with Gasteiger partial charge in [0.2, 0.25) is 0 Å². The highest BCUT2D eigenvalue weighted by atomic mass is 79.9. The van der Waals surface area contributed by atoms with E-state index in [-0.39, 0.29) is 4.90 Å². The first-order chi connectivity index (χ1) is 10.4. The summed E-state index contributed by atoms with van der Waals surface area (Å²) in [5.41, 5.74) is 2.64. The summed E-state index contributed by atoms with van der Waals surface area (Å²) in [6.45, 7) is 1.60. The zero-order valence-electron chi connectivity index (χ0n) is 12.0. The Labute approximate surface area is 138 Å². The van der Waals surface area contributed by atoms with Gasteiger partial charge in [0.25, 0.3) is 10.0 Å². The van der Waals surface area contributed by atoms with E-state index in [1.165, 1.54) is 31.4 Å². The molecule has 1 aliphatic carbocycles. The summed E-state index contributed by atoms with van der Waals surface area (Å²) in [4.78, 5) is 12.0. The molecule has 2 unspecified atom stereocenters. The smallest absolute Gasteiger partial charge is 0.270 e. The van der Waals surface area contributed by atoms with Crippen molar-refractivity contribution < 1.29 is 13.2 Å². The van der Waals surface area contributed by atoms with Crippen LogP contribution in [0.1, 0.15) is 19.3 Å². The normalized spacial score (nSPS) is 25.0. The van der Waals surface area contributed by atoms with Crippen LogP contribution in [0.3, 0.4) is 0 Å². The molecule has 3 rings (SSSR count). The average Bonchev–Trinajstić information content (AvgIpc) is 2.99. The van der Waals surface area contributed by atoms with Gasteiger partial charge in [-0.3, -0.25) is 5.43 Å². The van der Waals surface area contributed by atoms with Crippen LogP contribution in [0.4, 0.5) is 4.79 Å². The van der Waals surface area contributed by atoms with E-state index in [1.54, 1.807) is 12.1 Å². The molecule has 0 spiro atoms. The predicted octanol–water partition coefficient (Wildman–Crippen LogP) is 2.08. The first-order valence-electron chi connectivity index (χ1n) is 7.28. The number of fused-ring (bicyclic) bond motifs is 1. The first-order valence-corrected chi connectivity index (χ1v) is 9.55. The van der Waals surface area contributed by atoms with Crippen LogP contribution in [-0.2, 0) is 10.0 Å². The fourth-order valence-electron chi connectivity index (χ4n) is 3.29. The van der Waals surface area contributed by atoms with E-state index in [0.717, 1.165) is 17.6 Å². The van der Waals surface area contributed by atoms with Gasteiger partial charge in [-0.15, -0.1) is 0 Å². The number of benzene rings is 1. The molecule has 1 saturated carbocycles. The van der Waals surface area contributed by atoms with Gasteiger partial charge in [-0.2, -0.15) is 0 Å². The zero-order chi connectivity index (χ0) is 15.7. The standard InChI is InChI=1S/C14H18BrN3O3S/c15-12-4-6-13(7-5-12)22(20,21)17-14(19)16-18-8-10-2-1-3-11(10)9-18/h4-7,10-11H,1-3,8-9H2,(H2,16,17,19). The molecule has 0 bridgehead atoms. The molecule has 1 aliphatic heterocycles. The van der Waals surface area contributed by atoms with Gasteiger partial charge in [-0.05, 0) is 48.9 Å². The van der Waals surface area contributed by atoms with Crippen molar-refractivity contribution in [2.75, 3.05) is 13.1 Å². The van der Waals surface area contributed by atoms with E-state index in [2.05, 4.69) is 21.4 Å². The largest absolute Gasteiger partial charge is 0.343 e. The molecule has 2 amide bonds. The van der Waals surface area contributed by atoms with Crippen molar-refractivity contribution >= 4 is 32.0 Å². The number of amides is 2. The Hall–Kier alpha value is -1.12. The molecule has 2 atom stereocenters. The lowest BCUT2D eigenvalue weighted by molar-refractivity contribution is 0.195. The SMILES string of the molecule is O=C(NN1CC2CCCC2C1)NS(=O)(=O)c1ccc(Br)cc1. The number of nitrogens with zero attached hydrogens (tertiary/aromatic N) is 1. The lowest BCUT2D eigenvalue weighted by Gasteiger charge is -2.18. The zero-order valence-corrected chi connectivity index (χ0v) is 14.4. The molecule has 1 aromatic rings. The van der Waals surface area contributed by atoms with Crippen molar-refractivity contribution in [2.24, 2.45) is 11.8 Å². The second-order valence-corrected chi connectivity index (χ2v) is 8.45. The van der Waals surface area contributed by atoms with Crippen molar-refractivity contribution in [2.45, 2.75) is 24.2 Å². The third-order valence-electron chi connectivity index (χ3n) is 4.34. The summed E-state index contributed by atoms with van der Waals surface area (Å²) < 4.78 is 27.1. The quantitative estimate of drug-likeness (QED) is 0.831. The molecule has 1 aromatic carbocycles. The molecular weight excluding hydrogens is 370 g/mol. The molecule has 22 heavy (non-hydrogen) atoms. The Morgan fingerprint density at radius 3 is 2.32 bits per heavy atom. The van der Waals surface area contributed by atoms with Gasteiger partial charge in [0, 0.05) is 17.6 Å². The number of halogens is 1. The van der Waals surface area contributed by atoms with Crippen molar-refractivity contribution in [3.05, 3.63) is 28.7 Å². The minimum absolute atomic E-state index is 0.0594. The maximum Gasteiger partial charge on any atom is 0.343 e. The van der Waals surface area contributed by atoms with Crippen LogP contribution in [0.15, 0.2) is 33.6 Å². The van der Waals surface area contributed by atoms with E-state index in [0.29, 0.717) is 11.8 Å². The highest BCUT2D eigenvalue weighted by Crippen LogP contribution is 2.36. The van der Waals surface area contributed by atoms with E-state index in [1.807, 2.05) is 9.73 Å². The molecule has 6 nitrogen and oxygen atoms in total. The van der Waals surface area contributed by atoms with Gasteiger partial charge in [0.1, 0.15) is 0 Å². The van der Waals surface area contributed by atoms with Crippen molar-refractivity contribution in [1.82, 2.24) is 15.2 Å².